The Labute approximate surface area is 110 Å². The van der Waals surface area contributed by atoms with Gasteiger partial charge in [-0.25, -0.2) is 0 Å². The highest BCUT2D eigenvalue weighted by Crippen LogP contribution is 2.41. The zero-order valence-corrected chi connectivity index (χ0v) is 11.7. The number of Topliss-reactive ketones (excluding diaryl/α,β-unsaturated/α-hetero) is 1. The third-order valence-electron chi connectivity index (χ3n) is 3.57. The number of esters is 1. The van der Waals surface area contributed by atoms with Gasteiger partial charge in [-0.3, -0.25) is 9.59 Å². The molecule has 2 atom stereocenters. The van der Waals surface area contributed by atoms with Crippen LogP contribution < -0.4 is 0 Å². The predicted molar refractivity (Wildman–Crippen MR) is 71.2 cm³/mol. The summed E-state index contributed by atoms with van der Waals surface area (Å²) in [6, 6.07) is 0. The number of unbranched alkanes of at least 4 members (excludes halogenated alkanes) is 5. The largest absolute Gasteiger partial charge is 0.466 e. The van der Waals surface area contributed by atoms with Crippen LogP contribution in [0.2, 0.25) is 0 Å². The van der Waals surface area contributed by atoms with Crippen LogP contribution >= 0.6 is 0 Å². The molecule has 0 aliphatic heterocycles. The molecule has 0 bridgehead atoms. The summed E-state index contributed by atoms with van der Waals surface area (Å²) in [5.74, 6) is -0.0698. The molecule has 18 heavy (non-hydrogen) atoms. The summed E-state index contributed by atoms with van der Waals surface area (Å²) in [6.07, 6.45) is 8.54. The van der Waals surface area contributed by atoms with Gasteiger partial charge in [0.05, 0.1) is 12.5 Å². The molecule has 0 unspecified atom stereocenters. The summed E-state index contributed by atoms with van der Waals surface area (Å²) in [4.78, 5) is 23.2. The van der Waals surface area contributed by atoms with Gasteiger partial charge in [0, 0.05) is 12.3 Å². The van der Waals surface area contributed by atoms with Crippen molar-refractivity contribution in [3.8, 4) is 0 Å². The first-order chi connectivity index (χ1) is 8.70. The standard InChI is InChI=1S/C15H26O3/c1-3-5-6-7-8-9-10-14(16)12-11-13(12)15(17)18-4-2/h12-13H,3-11H2,1-2H3/t12-,13-/m1/s1. The highest BCUT2D eigenvalue weighted by molar-refractivity contribution is 5.91. The lowest BCUT2D eigenvalue weighted by Crippen LogP contribution is -2.11. The van der Waals surface area contributed by atoms with Crippen LogP contribution in [-0.4, -0.2) is 18.4 Å². The van der Waals surface area contributed by atoms with Crippen LogP contribution in [0.4, 0.5) is 0 Å². The van der Waals surface area contributed by atoms with Crippen LogP contribution in [0.5, 0.6) is 0 Å². The van der Waals surface area contributed by atoms with E-state index in [9.17, 15) is 9.59 Å². The number of hydrogen-bond acceptors (Lipinski definition) is 3. The van der Waals surface area contributed by atoms with Gasteiger partial charge < -0.3 is 4.74 Å². The molecule has 0 aromatic rings. The lowest BCUT2D eigenvalue weighted by atomic mass is 10.1. The monoisotopic (exact) mass is 254 g/mol. The second kappa shape index (κ2) is 8.28. The molecule has 0 saturated heterocycles. The van der Waals surface area contributed by atoms with Crippen LogP contribution in [-0.2, 0) is 14.3 Å². The van der Waals surface area contributed by atoms with E-state index in [1.54, 1.807) is 6.92 Å². The number of carbonyl (C=O) groups is 2. The first kappa shape index (κ1) is 15.2. The smallest absolute Gasteiger partial charge is 0.309 e. The van der Waals surface area contributed by atoms with Crippen molar-refractivity contribution < 1.29 is 14.3 Å². The number of hydrogen-bond donors (Lipinski definition) is 0. The van der Waals surface area contributed by atoms with Gasteiger partial charge >= 0.3 is 5.97 Å². The van der Waals surface area contributed by atoms with Gasteiger partial charge in [0.25, 0.3) is 0 Å². The van der Waals surface area contributed by atoms with Crippen LogP contribution in [0.15, 0.2) is 0 Å². The molecule has 1 fully saturated rings. The van der Waals surface area contributed by atoms with Gasteiger partial charge in [-0.15, -0.1) is 0 Å². The van der Waals surface area contributed by atoms with Crippen LogP contribution in [0, 0.1) is 11.8 Å². The number of ketones is 1. The first-order valence-electron chi connectivity index (χ1n) is 7.40. The van der Waals surface area contributed by atoms with E-state index in [0.29, 0.717) is 19.4 Å². The van der Waals surface area contributed by atoms with Crippen LogP contribution in [0.25, 0.3) is 0 Å². The molecule has 1 rings (SSSR count). The van der Waals surface area contributed by atoms with E-state index in [4.69, 9.17) is 4.74 Å². The Morgan fingerprint density at radius 1 is 1.00 bits per heavy atom. The summed E-state index contributed by atoms with van der Waals surface area (Å²) in [6.45, 7) is 4.41. The molecule has 1 aliphatic rings. The third kappa shape index (κ3) is 5.19. The van der Waals surface area contributed by atoms with Gasteiger partial charge in [-0.05, 0) is 19.8 Å². The first-order valence-corrected chi connectivity index (χ1v) is 7.40. The van der Waals surface area contributed by atoms with Crippen LogP contribution in [0.1, 0.15) is 65.2 Å². The van der Waals surface area contributed by atoms with Gasteiger partial charge in [0.1, 0.15) is 5.78 Å². The van der Waals surface area contributed by atoms with Crippen molar-refractivity contribution in [2.24, 2.45) is 11.8 Å². The van der Waals surface area contributed by atoms with Crippen molar-refractivity contribution in [2.45, 2.75) is 65.2 Å². The molecule has 3 nitrogen and oxygen atoms in total. The quantitative estimate of drug-likeness (QED) is 0.442. The van der Waals surface area contributed by atoms with E-state index >= 15 is 0 Å². The van der Waals surface area contributed by atoms with E-state index in [0.717, 1.165) is 12.8 Å². The highest BCUT2D eigenvalue weighted by atomic mass is 16.5. The van der Waals surface area contributed by atoms with Gasteiger partial charge in [0.15, 0.2) is 0 Å². The maximum Gasteiger partial charge on any atom is 0.309 e. The van der Waals surface area contributed by atoms with E-state index in [1.807, 2.05) is 0 Å². The van der Waals surface area contributed by atoms with Gasteiger partial charge in [-0.1, -0.05) is 39.0 Å². The molecule has 0 amide bonds. The maximum atomic E-state index is 11.8. The molecule has 1 aliphatic carbocycles. The number of rotatable bonds is 10. The van der Waals surface area contributed by atoms with E-state index in [1.165, 1.54) is 25.7 Å². The van der Waals surface area contributed by atoms with Crippen molar-refractivity contribution in [3.05, 3.63) is 0 Å². The summed E-state index contributed by atoms with van der Waals surface area (Å²) >= 11 is 0. The molecule has 0 heterocycles. The Hall–Kier alpha value is -0.860. The fraction of sp³-hybridized carbons (Fsp3) is 0.867. The van der Waals surface area contributed by atoms with E-state index in [-0.39, 0.29) is 23.6 Å². The Balaban J connectivity index is 2.03. The minimum Gasteiger partial charge on any atom is -0.466 e. The fourth-order valence-electron chi connectivity index (χ4n) is 2.33. The summed E-state index contributed by atoms with van der Waals surface area (Å²) in [5, 5.41) is 0. The maximum absolute atomic E-state index is 11.8. The normalized spacial score (nSPS) is 21.7. The third-order valence-corrected chi connectivity index (χ3v) is 3.57. The van der Waals surface area contributed by atoms with Crippen molar-refractivity contribution in [2.75, 3.05) is 6.61 Å². The molecule has 0 spiro atoms. The highest BCUT2D eigenvalue weighted by Gasteiger charge is 2.48. The second-order valence-corrected chi connectivity index (χ2v) is 5.18. The molecular weight excluding hydrogens is 228 g/mol. The molecule has 0 radical (unpaired) electrons. The molecule has 3 heteroatoms. The fourth-order valence-corrected chi connectivity index (χ4v) is 2.33. The molecule has 0 aromatic carbocycles. The van der Waals surface area contributed by atoms with E-state index in [2.05, 4.69) is 6.92 Å². The lowest BCUT2D eigenvalue weighted by Gasteiger charge is -2.02. The Morgan fingerprint density at radius 2 is 1.67 bits per heavy atom. The number of carbonyl (C=O) groups excluding carboxylic acids is 2. The summed E-state index contributed by atoms with van der Waals surface area (Å²) in [5.41, 5.74) is 0. The Kier molecular flexibility index (Phi) is 6.99. The summed E-state index contributed by atoms with van der Waals surface area (Å²) in [7, 11) is 0. The molecular formula is C15H26O3. The second-order valence-electron chi connectivity index (χ2n) is 5.18. The Bertz CT molecular complexity index is 273. The topological polar surface area (TPSA) is 43.4 Å². The van der Waals surface area contributed by atoms with Gasteiger partial charge in [0.2, 0.25) is 0 Å². The molecule has 104 valence electrons. The zero-order valence-electron chi connectivity index (χ0n) is 11.7. The summed E-state index contributed by atoms with van der Waals surface area (Å²) < 4.78 is 4.92. The van der Waals surface area contributed by atoms with Crippen molar-refractivity contribution in [3.63, 3.8) is 0 Å². The van der Waals surface area contributed by atoms with Crippen molar-refractivity contribution in [1.82, 2.24) is 0 Å². The predicted octanol–water partition coefficient (Wildman–Crippen LogP) is 3.51. The minimum absolute atomic E-state index is 0.0281. The number of ether oxygens (including phenoxy) is 1. The van der Waals surface area contributed by atoms with Crippen molar-refractivity contribution in [1.29, 1.82) is 0 Å². The Morgan fingerprint density at radius 3 is 2.33 bits per heavy atom. The average molecular weight is 254 g/mol. The van der Waals surface area contributed by atoms with E-state index < -0.39 is 0 Å². The lowest BCUT2D eigenvalue weighted by molar-refractivity contribution is -0.145. The van der Waals surface area contributed by atoms with Crippen LogP contribution in [0.3, 0.4) is 0 Å². The molecule has 0 N–H and O–H groups in total. The zero-order chi connectivity index (χ0) is 13.4. The minimum atomic E-state index is -0.182. The average Bonchev–Trinajstić information content (AvgIpc) is 3.14. The molecule has 1 saturated carbocycles. The van der Waals surface area contributed by atoms with Gasteiger partial charge in [-0.2, -0.15) is 0 Å². The molecule has 0 aromatic heterocycles. The SMILES string of the molecule is CCCCCCCCC(=O)[C@@H]1C[C@H]1C(=O)OCC. The van der Waals surface area contributed by atoms with Crippen molar-refractivity contribution >= 4 is 11.8 Å².